The molecule has 0 radical (unpaired) electrons. The zero-order chi connectivity index (χ0) is 15.7. The van der Waals surface area contributed by atoms with Gasteiger partial charge in [-0.2, -0.15) is 0 Å². The number of morpholine rings is 1. The Labute approximate surface area is 133 Å². The smallest absolute Gasteiger partial charge is 0.0594 e. The highest BCUT2D eigenvalue weighted by Crippen LogP contribution is 2.29. The predicted octanol–water partition coefficient (Wildman–Crippen LogP) is 3.37. The van der Waals surface area contributed by atoms with E-state index < -0.39 is 0 Å². The highest BCUT2D eigenvalue weighted by atomic mass is 16.5. The second kappa shape index (κ2) is 6.43. The topological polar surface area (TPSA) is 17.4 Å². The molecule has 0 unspecified atom stereocenters. The molecule has 0 saturated carbocycles. The van der Waals surface area contributed by atoms with Crippen LogP contribution in [-0.2, 0) is 18.2 Å². The summed E-state index contributed by atoms with van der Waals surface area (Å²) >= 11 is 0. The van der Waals surface area contributed by atoms with Crippen molar-refractivity contribution < 1.29 is 4.74 Å². The minimum atomic E-state index is 0.895. The first-order valence-electron chi connectivity index (χ1n) is 8.43. The van der Waals surface area contributed by atoms with Crippen molar-refractivity contribution in [3.05, 3.63) is 34.5 Å². The summed E-state index contributed by atoms with van der Waals surface area (Å²) in [7, 11) is 2.20. The summed E-state index contributed by atoms with van der Waals surface area (Å²) in [5.74, 6) is 0. The molecule has 120 valence electrons. The predicted molar refractivity (Wildman–Crippen MR) is 92.7 cm³/mol. The number of ether oxygens (including phenoxy) is 1. The summed E-state index contributed by atoms with van der Waals surface area (Å²) in [6.45, 7) is 11.8. The summed E-state index contributed by atoms with van der Waals surface area (Å²) in [5, 5.41) is 1.46. The van der Waals surface area contributed by atoms with Gasteiger partial charge in [-0.25, -0.2) is 0 Å². The molecule has 0 atom stereocenters. The molecule has 1 aromatic heterocycles. The Balaban J connectivity index is 1.79. The molecule has 3 nitrogen and oxygen atoms in total. The van der Waals surface area contributed by atoms with Crippen LogP contribution in [0.4, 0.5) is 0 Å². The van der Waals surface area contributed by atoms with Crippen molar-refractivity contribution in [2.75, 3.05) is 32.8 Å². The van der Waals surface area contributed by atoms with Crippen LogP contribution in [0.3, 0.4) is 0 Å². The van der Waals surface area contributed by atoms with Crippen LogP contribution in [0.2, 0.25) is 0 Å². The van der Waals surface area contributed by atoms with Gasteiger partial charge in [0.05, 0.1) is 18.7 Å². The van der Waals surface area contributed by atoms with E-state index in [1.165, 1.54) is 52.7 Å². The Morgan fingerprint density at radius 2 is 1.82 bits per heavy atom. The van der Waals surface area contributed by atoms with Crippen molar-refractivity contribution in [1.29, 1.82) is 0 Å². The lowest BCUT2D eigenvalue weighted by molar-refractivity contribution is 0.0375. The van der Waals surface area contributed by atoms with E-state index in [1.807, 2.05) is 0 Å². The Morgan fingerprint density at radius 1 is 1.09 bits per heavy atom. The first kappa shape index (κ1) is 15.6. The van der Waals surface area contributed by atoms with Crippen molar-refractivity contribution in [2.24, 2.45) is 7.05 Å². The average molecular weight is 300 g/mol. The Morgan fingerprint density at radius 3 is 2.55 bits per heavy atom. The van der Waals surface area contributed by atoms with Gasteiger partial charge in [-0.1, -0.05) is 11.6 Å². The van der Waals surface area contributed by atoms with Crippen LogP contribution in [0.25, 0.3) is 10.9 Å². The standard InChI is InChI=1S/C19H28N2O/c1-14-12-15(2)19-18(13-14)17(16(3)20(19)4)6-5-7-21-8-10-22-11-9-21/h12-13H,5-11H2,1-4H3. The Hall–Kier alpha value is -1.32. The molecule has 1 aliphatic rings. The van der Waals surface area contributed by atoms with Crippen molar-refractivity contribution >= 4 is 10.9 Å². The van der Waals surface area contributed by atoms with Crippen molar-refractivity contribution in [3.8, 4) is 0 Å². The maximum Gasteiger partial charge on any atom is 0.0594 e. The molecule has 0 N–H and O–H groups in total. The van der Waals surface area contributed by atoms with Gasteiger partial charge >= 0.3 is 0 Å². The maximum absolute atomic E-state index is 5.43. The third kappa shape index (κ3) is 2.92. The van der Waals surface area contributed by atoms with Crippen LogP contribution in [0.15, 0.2) is 12.1 Å². The minimum Gasteiger partial charge on any atom is -0.379 e. The summed E-state index contributed by atoms with van der Waals surface area (Å²) in [6, 6.07) is 4.65. The van der Waals surface area contributed by atoms with Gasteiger partial charge in [-0.3, -0.25) is 4.90 Å². The summed E-state index contributed by atoms with van der Waals surface area (Å²) in [5.41, 5.74) is 7.12. The number of benzene rings is 1. The first-order chi connectivity index (χ1) is 10.6. The second-order valence-corrected chi connectivity index (χ2v) is 6.66. The molecule has 0 bridgehead atoms. The molecule has 0 aliphatic carbocycles. The fourth-order valence-corrected chi connectivity index (χ4v) is 3.82. The molecule has 2 heterocycles. The lowest BCUT2D eigenvalue weighted by atomic mass is 10.0. The number of fused-ring (bicyclic) bond motifs is 1. The molecular formula is C19H28N2O. The number of hydrogen-bond donors (Lipinski definition) is 0. The van der Waals surface area contributed by atoms with Gasteiger partial charge in [0.15, 0.2) is 0 Å². The second-order valence-electron chi connectivity index (χ2n) is 6.66. The average Bonchev–Trinajstić information content (AvgIpc) is 2.73. The summed E-state index contributed by atoms with van der Waals surface area (Å²) < 4.78 is 7.79. The van der Waals surface area contributed by atoms with E-state index in [2.05, 4.69) is 49.4 Å². The van der Waals surface area contributed by atoms with Crippen molar-refractivity contribution in [1.82, 2.24) is 9.47 Å². The van der Waals surface area contributed by atoms with Crippen LogP contribution < -0.4 is 0 Å². The number of aryl methyl sites for hydroxylation is 4. The first-order valence-corrected chi connectivity index (χ1v) is 8.43. The van der Waals surface area contributed by atoms with Gasteiger partial charge in [0.25, 0.3) is 0 Å². The van der Waals surface area contributed by atoms with Crippen LogP contribution >= 0.6 is 0 Å². The molecular weight excluding hydrogens is 272 g/mol. The highest BCUT2D eigenvalue weighted by Gasteiger charge is 2.15. The van der Waals surface area contributed by atoms with E-state index in [0.717, 1.165) is 26.3 Å². The lowest BCUT2D eigenvalue weighted by Gasteiger charge is -2.26. The number of rotatable bonds is 4. The molecule has 0 spiro atoms. The number of aromatic nitrogens is 1. The van der Waals surface area contributed by atoms with E-state index in [0.29, 0.717) is 0 Å². The quantitative estimate of drug-likeness (QED) is 0.861. The SMILES string of the molecule is Cc1cc(C)c2c(c1)c(CCCN1CCOCC1)c(C)n2C. The van der Waals surface area contributed by atoms with Crippen LogP contribution in [0, 0.1) is 20.8 Å². The van der Waals surface area contributed by atoms with Gasteiger partial charge < -0.3 is 9.30 Å². The Kier molecular flexibility index (Phi) is 4.55. The van der Waals surface area contributed by atoms with E-state index in [1.54, 1.807) is 0 Å². The van der Waals surface area contributed by atoms with Crippen molar-refractivity contribution in [3.63, 3.8) is 0 Å². The molecule has 1 aliphatic heterocycles. The molecule has 22 heavy (non-hydrogen) atoms. The molecule has 3 heteroatoms. The van der Waals surface area contributed by atoms with E-state index in [-0.39, 0.29) is 0 Å². The third-order valence-corrected chi connectivity index (χ3v) is 5.05. The molecule has 1 saturated heterocycles. The molecule has 1 fully saturated rings. The van der Waals surface area contributed by atoms with E-state index >= 15 is 0 Å². The third-order valence-electron chi connectivity index (χ3n) is 5.05. The largest absolute Gasteiger partial charge is 0.379 e. The lowest BCUT2D eigenvalue weighted by Crippen LogP contribution is -2.36. The molecule has 0 amide bonds. The van der Waals surface area contributed by atoms with Gasteiger partial charge in [-0.15, -0.1) is 0 Å². The van der Waals surface area contributed by atoms with Gasteiger partial charge in [-0.05, 0) is 57.4 Å². The highest BCUT2D eigenvalue weighted by molar-refractivity contribution is 5.88. The molecule has 2 aromatic rings. The monoisotopic (exact) mass is 300 g/mol. The molecule has 1 aromatic carbocycles. The Bertz CT molecular complexity index is 666. The molecule has 3 rings (SSSR count). The van der Waals surface area contributed by atoms with Crippen molar-refractivity contribution in [2.45, 2.75) is 33.6 Å². The van der Waals surface area contributed by atoms with Gasteiger partial charge in [0.1, 0.15) is 0 Å². The number of nitrogens with zero attached hydrogens (tertiary/aromatic N) is 2. The minimum absolute atomic E-state index is 0.895. The van der Waals surface area contributed by atoms with Crippen LogP contribution in [0.1, 0.15) is 28.8 Å². The van der Waals surface area contributed by atoms with Crippen LogP contribution in [0.5, 0.6) is 0 Å². The summed E-state index contributed by atoms with van der Waals surface area (Å²) in [6.07, 6.45) is 2.40. The number of hydrogen-bond acceptors (Lipinski definition) is 2. The van der Waals surface area contributed by atoms with Crippen LogP contribution in [-0.4, -0.2) is 42.3 Å². The maximum atomic E-state index is 5.43. The normalized spacial score (nSPS) is 16.5. The zero-order valence-corrected chi connectivity index (χ0v) is 14.4. The van der Waals surface area contributed by atoms with Gasteiger partial charge in [0.2, 0.25) is 0 Å². The van der Waals surface area contributed by atoms with Gasteiger partial charge in [0, 0.05) is 31.2 Å². The zero-order valence-electron chi connectivity index (χ0n) is 14.4. The fraction of sp³-hybridized carbons (Fsp3) is 0.579. The van der Waals surface area contributed by atoms with E-state index in [9.17, 15) is 0 Å². The van der Waals surface area contributed by atoms with E-state index in [4.69, 9.17) is 4.74 Å². The fourth-order valence-electron chi connectivity index (χ4n) is 3.82. The summed E-state index contributed by atoms with van der Waals surface area (Å²) in [4.78, 5) is 2.53.